The standard InChI is InChI=1S/C11H11NO2.BrH/c1-2-7-12-10(13)8-5-3-4-6-9(8)11(12)14;/h3-6H,2,7H2,1H3;1H. The summed E-state index contributed by atoms with van der Waals surface area (Å²) < 4.78 is 0. The Morgan fingerprint density at radius 2 is 1.53 bits per heavy atom. The fraction of sp³-hybridized carbons (Fsp3) is 0.273. The highest BCUT2D eigenvalue weighted by atomic mass is 79.9. The van der Waals surface area contributed by atoms with E-state index in [4.69, 9.17) is 0 Å². The van der Waals surface area contributed by atoms with Gasteiger partial charge in [-0.25, -0.2) is 0 Å². The van der Waals surface area contributed by atoms with Crippen LogP contribution < -0.4 is 0 Å². The van der Waals surface area contributed by atoms with Crippen LogP contribution in [0.15, 0.2) is 24.3 Å². The van der Waals surface area contributed by atoms with Gasteiger partial charge in [-0.3, -0.25) is 14.5 Å². The second-order valence-electron chi connectivity index (χ2n) is 3.31. The van der Waals surface area contributed by atoms with Crippen LogP contribution in [0.1, 0.15) is 34.1 Å². The van der Waals surface area contributed by atoms with Crippen LogP contribution in [0.4, 0.5) is 0 Å². The first-order valence-corrected chi connectivity index (χ1v) is 4.71. The number of carbonyl (C=O) groups is 2. The SMILES string of the molecule is Br.CCCN1C(=O)c2ccccc2C1=O. The number of hydrogen-bond donors (Lipinski definition) is 0. The van der Waals surface area contributed by atoms with Crippen molar-refractivity contribution in [3.63, 3.8) is 0 Å². The van der Waals surface area contributed by atoms with Crippen molar-refractivity contribution in [2.75, 3.05) is 6.54 Å². The number of fused-ring (bicyclic) bond motifs is 1. The quantitative estimate of drug-likeness (QED) is 0.773. The summed E-state index contributed by atoms with van der Waals surface area (Å²) in [5, 5.41) is 0. The van der Waals surface area contributed by atoms with Gasteiger partial charge in [0, 0.05) is 6.54 Å². The largest absolute Gasteiger partial charge is 0.274 e. The normalized spacial score (nSPS) is 13.8. The number of amides is 2. The lowest BCUT2D eigenvalue weighted by atomic mass is 10.1. The van der Waals surface area contributed by atoms with E-state index < -0.39 is 0 Å². The Kier molecular flexibility index (Phi) is 3.63. The van der Waals surface area contributed by atoms with Crippen LogP contribution in [0.25, 0.3) is 0 Å². The van der Waals surface area contributed by atoms with Gasteiger partial charge in [0.1, 0.15) is 0 Å². The molecule has 0 unspecified atom stereocenters. The molecular formula is C11H12BrNO2. The molecule has 15 heavy (non-hydrogen) atoms. The van der Waals surface area contributed by atoms with Gasteiger partial charge in [0.25, 0.3) is 11.8 Å². The molecule has 2 amide bonds. The Bertz CT molecular complexity index is 368. The summed E-state index contributed by atoms with van der Waals surface area (Å²) in [5.41, 5.74) is 1.07. The molecule has 0 saturated heterocycles. The summed E-state index contributed by atoms with van der Waals surface area (Å²) >= 11 is 0. The van der Waals surface area contributed by atoms with E-state index in [9.17, 15) is 9.59 Å². The highest BCUT2D eigenvalue weighted by Gasteiger charge is 2.33. The van der Waals surface area contributed by atoms with Gasteiger partial charge in [0.2, 0.25) is 0 Å². The maximum Gasteiger partial charge on any atom is 0.261 e. The van der Waals surface area contributed by atoms with Crippen LogP contribution in [-0.4, -0.2) is 23.3 Å². The van der Waals surface area contributed by atoms with E-state index in [1.807, 2.05) is 6.92 Å². The summed E-state index contributed by atoms with van der Waals surface area (Å²) in [5.74, 6) is -0.320. The topological polar surface area (TPSA) is 37.4 Å². The molecule has 1 aromatic carbocycles. The Morgan fingerprint density at radius 1 is 1.07 bits per heavy atom. The van der Waals surface area contributed by atoms with Gasteiger partial charge in [-0.05, 0) is 18.6 Å². The minimum absolute atomic E-state index is 0. The lowest BCUT2D eigenvalue weighted by Gasteiger charge is -2.11. The van der Waals surface area contributed by atoms with Crippen molar-refractivity contribution in [2.45, 2.75) is 13.3 Å². The number of imide groups is 1. The van der Waals surface area contributed by atoms with E-state index in [1.54, 1.807) is 24.3 Å². The zero-order chi connectivity index (χ0) is 10.1. The molecule has 1 heterocycles. The van der Waals surface area contributed by atoms with Gasteiger partial charge in [-0.15, -0.1) is 17.0 Å². The number of rotatable bonds is 2. The molecule has 0 aromatic heterocycles. The second-order valence-corrected chi connectivity index (χ2v) is 3.31. The van der Waals surface area contributed by atoms with Crippen molar-refractivity contribution in [1.82, 2.24) is 4.90 Å². The summed E-state index contributed by atoms with van der Waals surface area (Å²) in [6, 6.07) is 6.95. The average Bonchev–Trinajstić information content (AvgIpc) is 2.45. The monoisotopic (exact) mass is 269 g/mol. The minimum atomic E-state index is -0.160. The number of benzene rings is 1. The van der Waals surface area contributed by atoms with Crippen LogP contribution in [0.5, 0.6) is 0 Å². The van der Waals surface area contributed by atoms with Gasteiger partial charge in [-0.1, -0.05) is 19.1 Å². The molecule has 4 heteroatoms. The molecule has 0 N–H and O–H groups in total. The van der Waals surface area contributed by atoms with Crippen LogP contribution in [0, 0.1) is 0 Å². The fourth-order valence-corrected chi connectivity index (χ4v) is 1.67. The molecule has 1 aromatic rings. The van der Waals surface area contributed by atoms with E-state index in [0.717, 1.165) is 6.42 Å². The molecule has 0 fully saturated rings. The third kappa shape index (κ3) is 1.81. The molecule has 1 aliphatic heterocycles. The minimum Gasteiger partial charge on any atom is -0.274 e. The lowest BCUT2D eigenvalue weighted by molar-refractivity contribution is 0.0654. The van der Waals surface area contributed by atoms with E-state index in [2.05, 4.69) is 0 Å². The molecule has 0 saturated carbocycles. The highest BCUT2D eigenvalue weighted by molar-refractivity contribution is 8.93. The van der Waals surface area contributed by atoms with Crippen molar-refractivity contribution in [2.24, 2.45) is 0 Å². The summed E-state index contributed by atoms with van der Waals surface area (Å²) in [7, 11) is 0. The van der Waals surface area contributed by atoms with Gasteiger partial charge in [0.05, 0.1) is 11.1 Å². The molecule has 0 spiro atoms. The Labute approximate surface area is 98.8 Å². The number of halogens is 1. The first-order chi connectivity index (χ1) is 6.75. The van der Waals surface area contributed by atoms with Crippen LogP contribution in [-0.2, 0) is 0 Å². The molecule has 2 rings (SSSR count). The second kappa shape index (κ2) is 4.57. The first-order valence-electron chi connectivity index (χ1n) is 4.71. The van der Waals surface area contributed by atoms with Crippen molar-refractivity contribution in [1.29, 1.82) is 0 Å². The predicted molar refractivity (Wildman–Crippen MR) is 62.4 cm³/mol. The third-order valence-corrected chi connectivity index (χ3v) is 2.33. The molecule has 1 aliphatic rings. The molecular weight excluding hydrogens is 258 g/mol. The maximum absolute atomic E-state index is 11.7. The lowest BCUT2D eigenvalue weighted by Crippen LogP contribution is -2.30. The molecule has 0 aliphatic carbocycles. The van der Waals surface area contributed by atoms with Crippen LogP contribution >= 0.6 is 17.0 Å². The van der Waals surface area contributed by atoms with Crippen LogP contribution in [0.2, 0.25) is 0 Å². The number of carbonyl (C=O) groups excluding carboxylic acids is 2. The van der Waals surface area contributed by atoms with E-state index in [-0.39, 0.29) is 28.8 Å². The molecule has 0 radical (unpaired) electrons. The molecule has 80 valence electrons. The molecule has 0 atom stereocenters. The van der Waals surface area contributed by atoms with Gasteiger partial charge >= 0.3 is 0 Å². The van der Waals surface area contributed by atoms with Gasteiger partial charge < -0.3 is 0 Å². The van der Waals surface area contributed by atoms with E-state index in [1.165, 1.54) is 4.90 Å². The summed E-state index contributed by atoms with van der Waals surface area (Å²) in [6.45, 7) is 2.45. The smallest absolute Gasteiger partial charge is 0.261 e. The Balaban J connectivity index is 0.00000112. The molecule has 0 bridgehead atoms. The Hall–Kier alpha value is -1.16. The number of nitrogens with zero attached hydrogens (tertiary/aromatic N) is 1. The maximum atomic E-state index is 11.7. The predicted octanol–water partition coefficient (Wildman–Crippen LogP) is 2.27. The van der Waals surface area contributed by atoms with Gasteiger partial charge in [-0.2, -0.15) is 0 Å². The third-order valence-electron chi connectivity index (χ3n) is 2.33. The van der Waals surface area contributed by atoms with Crippen molar-refractivity contribution in [3.05, 3.63) is 35.4 Å². The zero-order valence-electron chi connectivity index (χ0n) is 8.40. The zero-order valence-corrected chi connectivity index (χ0v) is 10.1. The van der Waals surface area contributed by atoms with Crippen molar-refractivity contribution >= 4 is 28.8 Å². The van der Waals surface area contributed by atoms with Crippen molar-refractivity contribution in [3.8, 4) is 0 Å². The van der Waals surface area contributed by atoms with Gasteiger partial charge in [0.15, 0.2) is 0 Å². The van der Waals surface area contributed by atoms with E-state index >= 15 is 0 Å². The van der Waals surface area contributed by atoms with Crippen molar-refractivity contribution < 1.29 is 9.59 Å². The Morgan fingerprint density at radius 3 is 1.93 bits per heavy atom. The summed E-state index contributed by atoms with van der Waals surface area (Å²) in [4.78, 5) is 24.7. The van der Waals surface area contributed by atoms with Crippen LogP contribution in [0.3, 0.4) is 0 Å². The fourth-order valence-electron chi connectivity index (χ4n) is 1.67. The average molecular weight is 270 g/mol. The first kappa shape index (κ1) is 11.9. The van der Waals surface area contributed by atoms with E-state index in [0.29, 0.717) is 17.7 Å². The number of hydrogen-bond acceptors (Lipinski definition) is 2. The molecule has 3 nitrogen and oxygen atoms in total. The highest BCUT2D eigenvalue weighted by Crippen LogP contribution is 2.22. The summed E-state index contributed by atoms with van der Waals surface area (Å²) in [6.07, 6.45) is 0.797.